The predicted octanol–water partition coefficient (Wildman–Crippen LogP) is 2.81. The van der Waals surface area contributed by atoms with Gasteiger partial charge in [0.1, 0.15) is 11.6 Å². The number of hydrogen-bond donors (Lipinski definition) is 0. The van der Waals surface area contributed by atoms with Crippen molar-refractivity contribution >= 4 is 15.9 Å². The first-order valence-corrected chi connectivity index (χ1v) is 6.20. The van der Waals surface area contributed by atoms with E-state index in [-0.39, 0.29) is 10.6 Å². The highest BCUT2D eigenvalue weighted by atomic mass is 79.9. The minimum absolute atomic E-state index is 0.175. The molecule has 5 heteroatoms. The van der Waals surface area contributed by atoms with Crippen molar-refractivity contribution in [3.8, 4) is 0 Å². The molecule has 1 aromatic carbocycles. The summed E-state index contributed by atoms with van der Waals surface area (Å²) < 4.78 is 31.3. The van der Waals surface area contributed by atoms with Crippen molar-refractivity contribution in [2.45, 2.75) is 11.4 Å². The average molecular weight is 308 g/mol. The Morgan fingerprint density at radius 3 is 2.76 bits per heavy atom. The lowest BCUT2D eigenvalue weighted by Crippen LogP contribution is -2.28. The fourth-order valence-corrected chi connectivity index (χ4v) is 2.35. The summed E-state index contributed by atoms with van der Waals surface area (Å²) in [6.07, 6.45) is 0. The Morgan fingerprint density at radius 2 is 2.12 bits per heavy atom. The van der Waals surface area contributed by atoms with Crippen LogP contribution >= 0.6 is 15.9 Å². The van der Waals surface area contributed by atoms with Crippen LogP contribution in [0.2, 0.25) is 0 Å². The Hall–Kier alpha value is -0.520. The van der Waals surface area contributed by atoms with Crippen molar-refractivity contribution in [3.63, 3.8) is 0 Å². The third-order valence-corrected chi connectivity index (χ3v) is 2.86. The van der Waals surface area contributed by atoms with Crippen molar-refractivity contribution in [1.29, 1.82) is 0 Å². The molecule has 0 aliphatic heterocycles. The molecule has 0 aliphatic carbocycles. The monoisotopic (exact) mass is 307 g/mol. The summed E-state index contributed by atoms with van der Waals surface area (Å²) in [5, 5.41) is 0. The summed E-state index contributed by atoms with van der Waals surface area (Å²) in [7, 11) is 3.48. The number of hydrogen-bond acceptors (Lipinski definition) is 2. The summed E-state index contributed by atoms with van der Waals surface area (Å²) in [4.78, 5) is 2.09. The number of rotatable bonds is 6. The maximum absolute atomic E-state index is 13.4. The molecule has 1 unspecified atom stereocenters. The van der Waals surface area contributed by atoms with Crippen molar-refractivity contribution in [2.24, 2.45) is 0 Å². The molecule has 0 saturated carbocycles. The van der Waals surface area contributed by atoms with E-state index in [2.05, 4.69) is 15.9 Å². The van der Waals surface area contributed by atoms with Gasteiger partial charge < -0.3 is 9.64 Å². The lowest BCUT2D eigenvalue weighted by molar-refractivity contribution is 0.184. The van der Waals surface area contributed by atoms with Gasteiger partial charge in [-0.15, -0.1) is 0 Å². The molecule has 17 heavy (non-hydrogen) atoms. The molecule has 1 rings (SSSR count). The van der Waals surface area contributed by atoms with Gasteiger partial charge >= 0.3 is 0 Å². The number of nitrogens with zero attached hydrogens (tertiary/aromatic N) is 1. The minimum atomic E-state index is -0.415. The normalized spacial score (nSPS) is 13.1. The molecule has 0 spiro atoms. The molecule has 0 amide bonds. The van der Waals surface area contributed by atoms with E-state index in [1.165, 1.54) is 6.07 Å². The number of alkyl halides is 1. The van der Waals surface area contributed by atoms with Gasteiger partial charge in [0.15, 0.2) is 0 Å². The van der Waals surface area contributed by atoms with Gasteiger partial charge in [-0.25, -0.2) is 8.78 Å². The molecule has 0 aliphatic rings. The van der Waals surface area contributed by atoms with E-state index < -0.39 is 5.82 Å². The summed E-state index contributed by atoms with van der Waals surface area (Å²) in [6, 6.07) is 3.50. The molecule has 0 saturated heterocycles. The molecule has 0 radical (unpaired) electrons. The van der Waals surface area contributed by atoms with Gasteiger partial charge in [0.05, 0.1) is 11.4 Å². The zero-order chi connectivity index (χ0) is 12.8. The van der Waals surface area contributed by atoms with Crippen molar-refractivity contribution in [3.05, 3.63) is 35.4 Å². The topological polar surface area (TPSA) is 12.5 Å². The van der Waals surface area contributed by atoms with Crippen molar-refractivity contribution in [1.82, 2.24) is 4.90 Å². The third-order valence-electron chi connectivity index (χ3n) is 2.31. The van der Waals surface area contributed by atoms with Crippen LogP contribution in [0.15, 0.2) is 18.2 Å². The highest BCUT2D eigenvalue weighted by molar-refractivity contribution is 9.09. The summed E-state index contributed by atoms with van der Waals surface area (Å²) in [6.45, 7) is 1.65. The van der Waals surface area contributed by atoms with Gasteiger partial charge in [0, 0.05) is 25.8 Å². The quantitative estimate of drug-likeness (QED) is 0.749. The van der Waals surface area contributed by atoms with E-state index in [1.54, 1.807) is 7.11 Å². The maximum Gasteiger partial charge on any atom is 0.127 e. The maximum atomic E-state index is 13.4. The van der Waals surface area contributed by atoms with Gasteiger partial charge in [0.25, 0.3) is 0 Å². The van der Waals surface area contributed by atoms with Crippen LogP contribution in [0, 0.1) is 11.6 Å². The highest BCUT2D eigenvalue weighted by Gasteiger charge is 2.11. The number of ether oxygens (including phenoxy) is 1. The van der Waals surface area contributed by atoms with E-state index in [4.69, 9.17) is 4.74 Å². The molecular formula is C12H16BrF2NO. The first-order valence-electron chi connectivity index (χ1n) is 5.28. The average Bonchev–Trinajstić information content (AvgIpc) is 2.23. The summed E-state index contributed by atoms with van der Waals surface area (Å²) in [5.74, 6) is -0.793. The van der Waals surface area contributed by atoms with Gasteiger partial charge in [-0.2, -0.15) is 0 Å². The molecule has 2 nitrogen and oxygen atoms in total. The standard InChI is InChI=1S/C12H16BrF2NO/c1-16(7-10(13)8-17-2)6-9-5-11(14)3-4-12(9)15/h3-5,10H,6-8H2,1-2H3. The van der Waals surface area contributed by atoms with E-state index in [1.807, 2.05) is 11.9 Å². The van der Waals surface area contributed by atoms with Crippen LogP contribution in [0.5, 0.6) is 0 Å². The number of halogens is 3. The van der Waals surface area contributed by atoms with E-state index >= 15 is 0 Å². The minimum Gasteiger partial charge on any atom is -0.383 e. The molecule has 1 aromatic rings. The van der Waals surface area contributed by atoms with Crippen LogP contribution < -0.4 is 0 Å². The van der Waals surface area contributed by atoms with Crippen LogP contribution in [0.3, 0.4) is 0 Å². The Bertz CT molecular complexity index is 362. The third kappa shape index (κ3) is 5.10. The van der Waals surface area contributed by atoms with E-state index in [0.717, 1.165) is 12.1 Å². The smallest absolute Gasteiger partial charge is 0.127 e. The van der Waals surface area contributed by atoms with Gasteiger partial charge in [-0.05, 0) is 25.2 Å². The zero-order valence-corrected chi connectivity index (χ0v) is 11.5. The molecule has 0 aromatic heterocycles. The van der Waals surface area contributed by atoms with Crippen molar-refractivity contribution < 1.29 is 13.5 Å². The second-order valence-electron chi connectivity index (χ2n) is 3.99. The van der Waals surface area contributed by atoms with Gasteiger partial charge in [-0.3, -0.25) is 0 Å². The molecule has 1 atom stereocenters. The van der Waals surface area contributed by atoms with Crippen LogP contribution in [0.4, 0.5) is 8.78 Å². The number of methoxy groups -OCH3 is 1. The Balaban J connectivity index is 2.55. The highest BCUT2D eigenvalue weighted by Crippen LogP contribution is 2.13. The van der Waals surface area contributed by atoms with Crippen LogP contribution in [-0.4, -0.2) is 37.0 Å². The van der Waals surface area contributed by atoms with Crippen molar-refractivity contribution in [2.75, 3.05) is 27.3 Å². The second kappa shape index (κ2) is 7.03. The van der Waals surface area contributed by atoms with Gasteiger partial charge in [-0.1, -0.05) is 15.9 Å². The fourth-order valence-electron chi connectivity index (χ4n) is 1.59. The first-order chi connectivity index (χ1) is 8.02. The molecule has 0 N–H and O–H groups in total. The predicted molar refractivity (Wildman–Crippen MR) is 67.3 cm³/mol. The molecule has 0 fully saturated rings. The lowest BCUT2D eigenvalue weighted by Gasteiger charge is -2.20. The molecular weight excluding hydrogens is 292 g/mol. The molecule has 96 valence electrons. The number of benzene rings is 1. The zero-order valence-electron chi connectivity index (χ0n) is 9.92. The van der Waals surface area contributed by atoms with Crippen LogP contribution in [0.25, 0.3) is 0 Å². The largest absolute Gasteiger partial charge is 0.383 e. The van der Waals surface area contributed by atoms with Crippen LogP contribution in [0.1, 0.15) is 5.56 Å². The SMILES string of the molecule is COCC(Br)CN(C)Cc1cc(F)ccc1F. The van der Waals surface area contributed by atoms with Crippen LogP contribution in [-0.2, 0) is 11.3 Å². The second-order valence-corrected chi connectivity index (χ2v) is 5.28. The molecule has 0 bridgehead atoms. The lowest BCUT2D eigenvalue weighted by atomic mass is 10.2. The summed E-state index contributed by atoms with van der Waals surface area (Å²) >= 11 is 3.45. The van der Waals surface area contributed by atoms with Gasteiger partial charge in [0.2, 0.25) is 0 Å². The molecule has 0 heterocycles. The Morgan fingerprint density at radius 1 is 1.41 bits per heavy atom. The first kappa shape index (κ1) is 14.5. The van der Waals surface area contributed by atoms with E-state index in [9.17, 15) is 8.78 Å². The summed E-state index contributed by atoms with van der Waals surface area (Å²) in [5.41, 5.74) is 0.365. The Kier molecular flexibility index (Phi) is 6.02. The Labute approximate surface area is 109 Å². The van der Waals surface area contributed by atoms with E-state index in [0.29, 0.717) is 25.3 Å². The fraction of sp³-hybridized carbons (Fsp3) is 0.500.